The number of carbonyl (C=O) groups excluding carboxylic acids is 1. The summed E-state index contributed by atoms with van der Waals surface area (Å²) in [5.41, 5.74) is 4.31. The molecule has 1 aromatic rings. The van der Waals surface area contributed by atoms with E-state index in [9.17, 15) is 26.7 Å². The number of hydrazine groups is 1. The van der Waals surface area contributed by atoms with Crippen molar-refractivity contribution < 1.29 is 31.5 Å². The molecule has 4 N–H and O–H groups in total. The molecular formula is C28H31F5N6O2Se. The fourth-order valence-corrected chi connectivity index (χ4v) is 7.10. The van der Waals surface area contributed by atoms with Crippen LogP contribution in [0.15, 0.2) is 52.4 Å². The molecule has 1 saturated heterocycles. The average Bonchev–Trinajstić information content (AvgIpc) is 3.55. The van der Waals surface area contributed by atoms with Gasteiger partial charge in [0.1, 0.15) is 0 Å². The van der Waals surface area contributed by atoms with Crippen molar-refractivity contribution in [3.05, 3.63) is 58.0 Å². The summed E-state index contributed by atoms with van der Waals surface area (Å²) < 4.78 is 72.2. The van der Waals surface area contributed by atoms with Crippen molar-refractivity contribution in [2.24, 2.45) is 5.92 Å². The van der Waals surface area contributed by atoms with Crippen molar-refractivity contribution in [3.8, 4) is 17.6 Å². The maximum absolute atomic E-state index is 13.6. The van der Waals surface area contributed by atoms with E-state index in [2.05, 4.69) is 33.2 Å². The SMILES string of the molecule is CNC(=O)c1ccc(NCC#CC2NN3C(NC45CCN(CC(F)F)CC4C5)=CC=CC3=C2[Se]C(F)(F)F)c(OC)c1. The number of methoxy groups -OCH3 is 1. The van der Waals surface area contributed by atoms with Crippen molar-refractivity contribution in [2.45, 2.75) is 35.9 Å². The zero-order chi connectivity index (χ0) is 30.1. The molecule has 5 rings (SSSR count). The molecule has 2 fully saturated rings. The third-order valence-electron chi connectivity index (χ3n) is 7.65. The second kappa shape index (κ2) is 12.2. The molecule has 8 nitrogen and oxygen atoms in total. The monoisotopic (exact) mass is 658 g/mol. The van der Waals surface area contributed by atoms with E-state index in [1.165, 1.54) is 14.2 Å². The van der Waals surface area contributed by atoms with Crippen LogP contribution >= 0.6 is 0 Å². The van der Waals surface area contributed by atoms with Crippen molar-refractivity contribution in [2.75, 3.05) is 45.7 Å². The van der Waals surface area contributed by atoms with Gasteiger partial charge in [-0.25, -0.2) is 0 Å². The predicted octanol–water partition coefficient (Wildman–Crippen LogP) is 2.82. The van der Waals surface area contributed by atoms with Gasteiger partial charge in [0.05, 0.1) is 0 Å². The number of fused-ring (bicyclic) bond motifs is 2. The molecule has 1 saturated carbocycles. The minimum absolute atomic E-state index is 0.131. The van der Waals surface area contributed by atoms with Gasteiger partial charge in [0.2, 0.25) is 0 Å². The normalized spacial score (nSPS) is 24.9. The molecule has 0 bridgehead atoms. The van der Waals surface area contributed by atoms with Gasteiger partial charge in [-0.1, -0.05) is 0 Å². The average molecular weight is 658 g/mol. The van der Waals surface area contributed by atoms with Gasteiger partial charge in [-0.05, 0) is 0 Å². The molecule has 3 heterocycles. The standard InChI is InChI=1S/C28H31F5N6O2Se/c1-34-26(40)17-8-9-19(22(13-17)41-2)35-11-4-5-20-25(42-28(31,32)33)21-6-3-7-24(39(21)37-20)36-27-10-12-38(16-23(29)30)15-18(27)14-27/h3,6-9,13,18,20,23,35-37H,10-12,14-16H2,1-2H3,(H,34,40). The zero-order valence-electron chi connectivity index (χ0n) is 22.9. The summed E-state index contributed by atoms with van der Waals surface area (Å²) in [6, 6.07) is 4.03. The molecule has 1 aromatic carbocycles. The van der Waals surface area contributed by atoms with Gasteiger partial charge >= 0.3 is 240 Å². The van der Waals surface area contributed by atoms with Crippen LogP contribution in [0.25, 0.3) is 0 Å². The fourth-order valence-electron chi connectivity index (χ4n) is 5.54. The number of halogens is 5. The third-order valence-corrected chi connectivity index (χ3v) is 9.53. The number of likely N-dealkylation sites (tertiary alicyclic amines) is 1. The molecular weight excluding hydrogens is 626 g/mol. The molecule has 42 heavy (non-hydrogen) atoms. The maximum atomic E-state index is 13.6. The van der Waals surface area contributed by atoms with Crippen LogP contribution in [0.4, 0.5) is 27.6 Å². The summed E-state index contributed by atoms with van der Waals surface area (Å²) >= 11 is -1.82. The number of hydrogen-bond donors (Lipinski definition) is 4. The van der Waals surface area contributed by atoms with Crippen LogP contribution in [0.2, 0.25) is 0 Å². The number of rotatable bonds is 9. The zero-order valence-corrected chi connectivity index (χ0v) is 24.7. The van der Waals surface area contributed by atoms with Crippen LogP contribution in [-0.4, -0.2) is 94.2 Å². The Morgan fingerprint density at radius 3 is 2.83 bits per heavy atom. The Morgan fingerprint density at radius 2 is 2.14 bits per heavy atom. The van der Waals surface area contributed by atoms with E-state index in [1.54, 1.807) is 46.3 Å². The molecule has 14 heteroatoms. The third kappa shape index (κ3) is 6.70. The number of nitrogens with zero attached hydrogens (tertiary/aromatic N) is 2. The Bertz CT molecular complexity index is 1370. The molecule has 1 amide bonds. The van der Waals surface area contributed by atoms with Gasteiger partial charge in [0.25, 0.3) is 0 Å². The first kappa shape index (κ1) is 30.2. The minimum atomic E-state index is -4.37. The molecule has 0 spiro atoms. The molecule has 0 radical (unpaired) electrons. The quantitative estimate of drug-likeness (QED) is 0.185. The van der Waals surface area contributed by atoms with Crippen LogP contribution in [0.3, 0.4) is 0 Å². The number of ether oxygens (including phenoxy) is 1. The summed E-state index contributed by atoms with van der Waals surface area (Å²) in [6.45, 7) is 0.992. The number of allylic oxidation sites excluding steroid dienone is 3. The van der Waals surface area contributed by atoms with Gasteiger partial charge in [-0.3, -0.25) is 0 Å². The number of nitrogens with one attached hydrogen (secondary N) is 4. The molecule has 1 aliphatic carbocycles. The van der Waals surface area contributed by atoms with Crippen molar-refractivity contribution in [1.82, 2.24) is 26.0 Å². The Kier molecular flexibility index (Phi) is 8.76. The number of benzene rings is 1. The fraction of sp³-hybridized carbons (Fsp3) is 0.464. The van der Waals surface area contributed by atoms with E-state index < -0.39 is 32.5 Å². The van der Waals surface area contributed by atoms with E-state index in [0.717, 1.165) is 6.42 Å². The first-order valence-corrected chi connectivity index (χ1v) is 15.1. The molecule has 3 unspecified atom stereocenters. The van der Waals surface area contributed by atoms with Crippen LogP contribution in [-0.2, 0) is 0 Å². The number of piperidine rings is 1. The summed E-state index contributed by atoms with van der Waals surface area (Å²) in [4.78, 5) is 13.7. The number of hydrogen-bond acceptors (Lipinski definition) is 7. The van der Waals surface area contributed by atoms with Crippen molar-refractivity contribution in [3.63, 3.8) is 0 Å². The van der Waals surface area contributed by atoms with E-state index in [0.29, 0.717) is 48.0 Å². The van der Waals surface area contributed by atoms with Crippen LogP contribution < -0.4 is 26.1 Å². The molecule has 4 aliphatic rings. The first-order chi connectivity index (χ1) is 20.0. The van der Waals surface area contributed by atoms with Crippen LogP contribution in [0.5, 0.6) is 5.75 Å². The number of alkyl halides is 5. The van der Waals surface area contributed by atoms with Crippen LogP contribution in [0, 0.1) is 17.8 Å². The molecule has 0 aromatic heterocycles. The summed E-state index contributed by atoms with van der Waals surface area (Å²) in [5, 5.41) is 6.42. The van der Waals surface area contributed by atoms with Gasteiger partial charge in [-0.15, -0.1) is 0 Å². The molecule has 3 atom stereocenters. The van der Waals surface area contributed by atoms with E-state index in [-0.39, 0.29) is 34.9 Å². The second-order valence-corrected chi connectivity index (χ2v) is 12.7. The summed E-state index contributed by atoms with van der Waals surface area (Å²) in [6.07, 6.45) is 4.29. The Hall–Kier alpha value is -3.24. The number of carbonyl (C=O) groups is 1. The van der Waals surface area contributed by atoms with E-state index in [4.69, 9.17) is 4.74 Å². The molecule has 226 valence electrons. The van der Waals surface area contributed by atoms with Crippen LogP contribution in [0.1, 0.15) is 23.2 Å². The van der Waals surface area contributed by atoms with Gasteiger partial charge in [-0.2, -0.15) is 0 Å². The van der Waals surface area contributed by atoms with Crippen molar-refractivity contribution >= 4 is 26.6 Å². The van der Waals surface area contributed by atoms with Gasteiger partial charge in [0, 0.05) is 7.05 Å². The first-order valence-electron chi connectivity index (χ1n) is 13.4. The van der Waals surface area contributed by atoms with Gasteiger partial charge in [0.15, 0.2) is 0 Å². The number of anilines is 1. The predicted molar refractivity (Wildman–Crippen MR) is 149 cm³/mol. The number of amides is 1. The topological polar surface area (TPSA) is 80.9 Å². The van der Waals surface area contributed by atoms with E-state index in [1.807, 2.05) is 0 Å². The Labute approximate surface area is 246 Å². The Balaban J connectivity index is 1.27. The van der Waals surface area contributed by atoms with E-state index >= 15 is 0 Å². The van der Waals surface area contributed by atoms with Crippen molar-refractivity contribution in [1.29, 1.82) is 0 Å². The van der Waals surface area contributed by atoms with Gasteiger partial charge < -0.3 is 0 Å². The summed E-state index contributed by atoms with van der Waals surface area (Å²) in [5.74, 6) is 6.87. The Morgan fingerprint density at radius 1 is 1.33 bits per heavy atom. The second-order valence-electron chi connectivity index (χ2n) is 10.4. The summed E-state index contributed by atoms with van der Waals surface area (Å²) in [7, 11) is 3.00. The molecule has 3 aliphatic heterocycles.